The molecule has 3 aromatic rings. The molecule has 5 atom stereocenters. The number of carbonyl (C=O) groups excluding carboxylic acids is 4. The van der Waals surface area contributed by atoms with E-state index in [-0.39, 0.29) is 80.5 Å². The van der Waals surface area contributed by atoms with Crippen LogP contribution in [0.3, 0.4) is 0 Å². The maximum atomic E-state index is 13.9. The molecule has 2 heterocycles. The van der Waals surface area contributed by atoms with E-state index in [0.29, 0.717) is 25.9 Å². The number of aromatic nitrogens is 1. The highest BCUT2D eigenvalue weighted by Crippen LogP contribution is 2.28. The van der Waals surface area contributed by atoms with Crippen molar-refractivity contribution in [1.82, 2.24) is 20.5 Å². The van der Waals surface area contributed by atoms with Gasteiger partial charge in [-0.25, -0.2) is 4.98 Å². The molecule has 0 unspecified atom stereocenters. The zero-order valence-corrected chi connectivity index (χ0v) is 32.9. The van der Waals surface area contributed by atoms with Gasteiger partial charge in [-0.15, -0.1) is 23.7 Å². The van der Waals surface area contributed by atoms with E-state index in [1.165, 1.54) is 4.90 Å². The smallest absolute Gasteiger partial charge is 0.246 e. The molecule has 7 N–H and O–H groups in total. The number of rotatable bonds is 17. The third kappa shape index (κ3) is 12.9. The normalized spacial score (nSPS) is 17.4. The number of nitrogens with two attached hydrogens (primary N) is 2. The van der Waals surface area contributed by atoms with E-state index in [2.05, 4.69) is 15.6 Å². The number of aliphatic hydroxyl groups excluding tert-OH is 1. The van der Waals surface area contributed by atoms with Gasteiger partial charge in [0.15, 0.2) is 0 Å². The number of hydrogen-bond donors (Lipinski definition) is 5. The Morgan fingerprint density at radius 3 is 2.28 bits per heavy atom. The van der Waals surface area contributed by atoms with Gasteiger partial charge in [-0.05, 0) is 60.8 Å². The lowest BCUT2D eigenvalue weighted by atomic mass is 9.85. The molecule has 2 aromatic carbocycles. The first-order valence-electron chi connectivity index (χ1n) is 17.9. The lowest BCUT2D eigenvalue weighted by Crippen LogP contribution is -2.57. The van der Waals surface area contributed by atoms with Crippen molar-refractivity contribution in [2.75, 3.05) is 6.54 Å². The van der Waals surface area contributed by atoms with Gasteiger partial charge in [-0.1, -0.05) is 69.3 Å². The lowest BCUT2D eigenvalue weighted by molar-refractivity contribution is -0.144. The molecule has 4 rings (SSSR count). The van der Waals surface area contributed by atoms with Crippen molar-refractivity contribution in [1.29, 1.82) is 0 Å². The average Bonchev–Trinajstić information content (AvgIpc) is 3.72. The first kappa shape index (κ1) is 43.5. The molecule has 4 amide bonds. The van der Waals surface area contributed by atoms with Gasteiger partial charge in [0.2, 0.25) is 23.6 Å². The van der Waals surface area contributed by atoms with E-state index in [1.807, 2.05) is 88.7 Å². The van der Waals surface area contributed by atoms with E-state index in [9.17, 15) is 24.3 Å². The molecular weight excluding hydrogens is 716 g/mol. The van der Waals surface area contributed by atoms with Gasteiger partial charge in [-0.2, -0.15) is 0 Å². The summed E-state index contributed by atoms with van der Waals surface area (Å²) in [6.07, 6.45) is 1.22. The molecule has 12 nitrogen and oxygen atoms in total. The summed E-state index contributed by atoms with van der Waals surface area (Å²) in [4.78, 5) is 58.3. The number of ether oxygens (including phenoxy) is 1. The Labute approximate surface area is 322 Å². The molecular formula is C39H55ClN6O6S. The zero-order chi connectivity index (χ0) is 38.0. The fraction of sp³-hybridized carbons (Fsp3) is 0.513. The number of primary amides is 1. The average molecular weight is 771 g/mol. The predicted molar refractivity (Wildman–Crippen MR) is 209 cm³/mol. The van der Waals surface area contributed by atoms with Crippen molar-refractivity contribution in [2.45, 2.75) is 117 Å². The monoisotopic (exact) mass is 770 g/mol. The van der Waals surface area contributed by atoms with Crippen LogP contribution in [0, 0.1) is 12.3 Å². The van der Waals surface area contributed by atoms with Gasteiger partial charge in [0.05, 0.1) is 34.9 Å². The Morgan fingerprint density at radius 2 is 1.68 bits per heavy atom. The standard InChI is InChI=1S/C39H54N6O6S.ClH/c1-24-35(52-23-43-24)29-15-13-27(14-16-29)20-42-37(49)32-19-30(46)21-45(32)38(50)36(39(3,4)5)44-34(48)8-6-7-26-9-11-28(12-10-26)22-51-25(2)31(40)17-18-33(41)47;/h9-16,23,25,30-32,36,46H,6-8,17-22,40H2,1-5H3,(H2,41,47)(H,42,49)(H,44,48);1H/t25-,30-,31+,32+,36-;/m1./s1. The first-order valence-corrected chi connectivity index (χ1v) is 18.8. The second-order valence-electron chi connectivity index (χ2n) is 14.8. The van der Waals surface area contributed by atoms with Gasteiger partial charge in [0.1, 0.15) is 12.1 Å². The van der Waals surface area contributed by atoms with Gasteiger partial charge < -0.3 is 36.8 Å². The number of benzene rings is 2. The summed E-state index contributed by atoms with van der Waals surface area (Å²) in [5, 5.41) is 16.4. The van der Waals surface area contributed by atoms with E-state index in [0.717, 1.165) is 32.8 Å². The number of halogens is 1. The summed E-state index contributed by atoms with van der Waals surface area (Å²) in [5.74, 6) is -1.36. The molecule has 1 saturated heterocycles. The number of nitrogens with one attached hydrogen (secondary N) is 2. The molecule has 290 valence electrons. The minimum absolute atomic E-state index is 0. The summed E-state index contributed by atoms with van der Waals surface area (Å²) >= 11 is 1.58. The molecule has 0 aliphatic carbocycles. The van der Waals surface area contributed by atoms with E-state index < -0.39 is 23.6 Å². The number of hydrogen-bond acceptors (Lipinski definition) is 9. The predicted octanol–water partition coefficient (Wildman–Crippen LogP) is 4.17. The SMILES string of the molecule is Cc1ncsc1-c1ccc(CNC(=O)[C@@H]2C[C@@H](O)CN2C(=O)[C@@H](NC(=O)CCCc2ccc(CO[C@H](C)[C@@H](N)CCC(N)=O)cc2)C(C)(C)C)cc1.Cl. The molecule has 0 radical (unpaired) electrons. The van der Waals surface area contributed by atoms with Crippen LogP contribution < -0.4 is 22.1 Å². The summed E-state index contributed by atoms with van der Waals surface area (Å²) in [6, 6.07) is 13.8. The number of nitrogens with zero attached hydrogens (tertiary/aromatic N) is 2. The van der Waals surface area contributed by atoms with E-state index in [4.69, 9.17) is 16.2 Å². The number of β-amino-alcohol motifs (C(OH)–C–C–N with tert-alkyl or cyclic N) is 1. The number of aliphatic hydroxyl groups is 1. The highest BCUT2D eigenvalue weighted by atomic mass is 35.5. The maximum absolute atomic E-state index is 13.9. The lowest BCUT2D eigenvalue weighted by Gasteiger charge is -2.35. The summed E-state index contributed by atoms with van der Waals surface area (Å²) in [7, 11) is 0. The molecule has 1 aliphatic heterocycles. The number of thiazole rings is 1. The molecule has 0 spiro atoms. The molecule has 0 saturated carbocycles. The van der Waals surface area contributed by atoms with Crippen molar-refractivity contribution in [3.05, 3.63) is 76.4 Å². The van der Waals surface area contributed by atoms with Crippen LogP contribution in [0.5, 0.6) is 0 Å². The van der Waals surface area contributed by atoms with Crippen molar-refractivity contribution in [3.63, 3.8) is 0 Å². The van der Waals surface area contributed by atoms with Crippen LogP contribution in [0.4, 0.5) is 0 Å². The van der Waals surface area contributed by atoms with Crippen LogP contribution in [0.15, 0.2) is 54.0 Å². The second-order valence-corrected chi connectivity index (χ2v) is 15.7. The van der Waals surface area contributed by atoms with Crippen LogP contribution in [-0.2, 0) is 43.5 Å². The minimum atomic E-state index is -0.881. The first-order chi connectivity index (χ1) is 24.6. The van der Waals surface area contributed by atoms with Crippen molar-refractivity contribution >= 4 is 47.4 Å². The zero-order valence-electron chi connectivity index (χ0n) is 31.3. The number of carbonyl (C=O) groups is 4. The fourth-order valence-corrected chi connectivity index (χ4v) is 6.98. The van der Waals surface area contributed by atoms with Crippen LogP contribution in [-0.4, -0.2) is 75.5 Å². The molecule has 53 heavy (non-hydrogen) atoms. The Balaban J connectivity index is 0.00000756. The van der Waals surface area contributed by atoms with Crippen molar-refractivity contribution in [2.24, 2.45) is 16.9 Å². The van der Waals surface area contributed by atoms with Crippen LogP contribution in [0.25, 0.3) is 10.4 Å². The Morgan fingerprint density at radius 1 is 1.04 bits per heavy atom. The largest absolute Gasteiger partial charge is 0.391 e. The topological polar surface area (TPSA) is 190 Å². The fourth-order valence-electron chi connectivity index (χ4n) is 6.16. The minimum Gasteiger partial charge on any atom is -0.391 e. The molecule has 1 aromatic heterocycles. The maximum Gasteiger partial charge on any atom is 0.246 e. The van der Waals surface area contributed by atoms with Crippen LogP contribution in [0.2, 0.25) is 0 Å². The number of amides is 4. The summed E-state index contributed by atoms with van der Waals surface area (Å²) in [5.41, 5.74) is 17.5. The van der Waals surface area contributed by atoms with E-state index >= 15 is 0 Å². The third-order valence-corrected chi connectivity index (χ3v) is 10.4. The Bertz CT molecular complexity index is 1660. The Kier molecular flexibility index (Phi) is 16.4. The van der Waals surface area contributed by atoms with Gasteiger partial charge in [0.25, 0.3) is 0 Å². The highest BCUT2D eigenvalue weighted by Gasteiger charge is 2.44. The number of likely N-dealkylation sites (tertiary alicyclic amines) is 1. The molecule has 1 aliphatic rings. The van der Waals surface area contributed by atoms with Crippen LogP contribution in [0.1, 0.15) is 82.2 Å². The second kappa shape index (κ2) is 20.0. The van der Waals surface area contributed by atoms with Gasteiger partial charge >= 0.3 is 0 Å². The Hall–Kier alpha value is -3.88. The van der Waals surface area contributed by atoms with Gasteiger partial charge in [-0.3, -0.25) is 19.2 Å². The molecule has 1 fully saturated rings. The number of aryl methyl sites for hydroxylation is 2. The molecule has 0 bridgehead atoms. The molecule has 14 heteroatoms. The highest BCUT2D eigenvalue weighted by molar-refractivity contribution is 7.13. The van der Waals surface area contributed by atoms with E-state index in [1.54, 1.807) is 11.3 Å². The quantitative estimate of drug-likeness (QED) is 0.135. The van der Waals surface area contributed by atoms with Crippen molar-refractivity contribution in [3.8, 4) is 10.4 Å². The summed E-state index contributed by atoms with van der Waals surface area (Å²) < 4.78 is 5.87. The van der Waals surface area contributed by atoms with Crippen molar-refractivity contribution < 1.29 is 29.0 Å². The van der Waals surface area contributed by atoms with Crippen LogP contribution >= 0.6 is 23.7 Å². The van der Waals surface area contributed by atoms with Gasteiger partial charge in [0, 0.05) is 38.4 Å². The third-order valence-electron chi connectivity index (χ3n) is 9.44. The summed E-state index contributed by atoms with van der Waals surface area (Å²) in [6.45, 7) is 10.1.